The lowest BCUT2D eigenvalue weighted by Crippen LogP contribution is -2.21. The first-order chi connectivity index (χ1) is 8.56. The van der Waals surface area contributed by atoms with Gasteiger partial charge in [0.1, 0.15) is 12.9 Å². The number of carboxylic acid groups (broad SMARTS) is 1. The molecule has 0 aliphatic rings. The van der Waals surface area contributed by atoms with Gasteiger partial charge in [-0.05, 0) is 0 Å². The number of nitrogens with one attached hydrogen (secondary N) is 1. The zero-order chi connectivity index (χ0) is 13.1. The molecule has 0 aliphatic carbocycles. The Morgan fingerprint density at radius 3 is 2.83 bits per heavy atom. The van der Waals surface area contributed by atoms with Gasteiger partial charge in [-0.25, -0.2) is 14.2 Å². The summed E-state index contributed by atoms with van der Waals surface area (Å²) in [4.78, 5) is 26.0. The summed E-state index contributed by atoms with van der Waals surface area (Å²) in [6.45, 7) is -0.160. The van der Waals surface area contributed by atoms with E-state index in [2.05, 4.69) is 25.7 Å². The lowest BCUT2D eigenvalue weighted by atomic mass is 10.5. The molecule has 0 saturated heterocycles. The Bertz CT molecular complexity index is 587. The van der Waals surface area contributed by atoms with Crippen LogP contribution in [-0.2, 0) is 18.4 Å². The molecule has 2 aromatic rings. The van der Waals surface area contributed by atoms with Gasteiger partial charge in [0.25, 0.3) is 0 Å². The van der Waals surface area contributed by atoms with Crippen molar-refractivity contribution < 1.29 is 14.7 Å². The number of hydrogen-bond acceptors (Lipinski definition) is 6. The fourth-order valence-corrected chi connectivity index (χ4v) is 1.19. The molecule has 10 nitrogen and oxygen atoms in total. The lowest BCUT2D eigenvalue weighted by Gasteiger charge is -2.02. The number of carboxylic acids is 1. The topological polar surface area (TPSA) is 128 Å². The van der Waals surface area contributed by atoms with Crippen LogP contribution in [0.4, 0.5) is 5.95 Å². The van der Waals surface area contributed by atoms with Crippen LogP contribution in [0.1, 0.15) is 10.5 Å². The molecule has 0 fully saturated rings. The zero-order valence-electron chi connectivity index (χ0n) is 9.31. The van der Waals surface area contributed by atoms with Gasteiger partial charge >= 0.3 is 5.97 Å². The Morgan fingerprint density at radius 2 is 2.28 bits per heavy atom. The number of aryl methyl sites for hydroxylation is 1. The maximum Gasteiger partial charge on any atom is 0.358 e. The van der Waals surface area contributed by atoms with Crippen molar-refractivity contribution in [3.05, 3.63) is 18.2 Å². The number of amides is 1. The van der Waals surface area contributed by atoms with E-state index < -0.39 is 11.9 Å². The van der Waals surface area contributed by atoms with E-state index in [4.69, 9.17) is 5.11 Å². The van der Waals surface area contributed by atoms with E-state index in [0.29, 0.717) is 5.95 Å². The minimum atomic E-state index is -1.20. The van der Waals surface area contributed by atoms with E-state index in [1.54, 1.807) is 7.05 Å². The van der Waals surface area contributed by atoms with Crippen LogP contribution < -0.4 is 5.32 Å². The van der Waals surface area contributed by atoms with Crippen LogP contribution in [-0.4, -0.2) is 46.7 Å². The Morgan fingerprint density at radius 1 is 1.50 bits per heavy atom. The van der Waals surface area contributed by atoms with Crippen molar-refractivity contribution in [3.8, 4) is 0 Å². The lowest BCUT2D eigenvalue weighted by molar-refractivity contribution is -0.117. The molecule has 18 heavy (non-hydrogen) atoms. The highest BCUT2D eigenvalue weighted by molar-refractivity contribution is 5.89. The average Bonchev–Trinajstić information content (AvgIpc) is 2.89. The molecule has 0 atom stereocenters. The Hall–Kier alpha value is -2.78. The van der Waals surface area contributed by atoms with Crippen molar-refractivity contribution in [2.45, 2.75) is 6.54 Å². The first-order valence-corrected chi connectivity index (χ1v) is 4.83. The van der Waals surface area contributed by atoms with Crippen molar-refractivity contribution >= 4 is 17.8 Å². The van der Waals surface area contributed by atoms with E-state index >= 15 is 0 Å². The van der Waals surface area contributed by atoms with Crippen LogP contribution in [0.2, 0.25) is 0 Å². The third-order valence-corrected chi connectivity index (χ3v) is 2.03. The molecule has 1 amide bonds. The highest BCUT2D eigenvalue weighted by atomic mass is 16.4. The number of rotatable bonds is 4. The summed E-state index contributed by atoms with van der Waals surface area (Å²) in [7, 11) is 1.63. The van der Waals surface area contributed by atoms with Gasteiger partial charge in [0.15, 0.2) is 5.69 Å². The van der Waals surface area contributed by atoms with E-state index in [9.17, 15) is 9.59 Å². The fraction of sp³-hybridized carbons (Fsp3) is 0.250. The molecule has 10 heteroatoms. The number of hydrogen-bond donors (Lipinski definition) is 2. The van der Waals surface area contributed by atoms with Gasteiger partial charge in [-0.1, -0.05) is 5.21 Å². The summed E-state index contributed by atoms with van der Waals surface area (Å²) < 4.78 is 2.51. The van der Waals surface area contributed by atoms with Crippen LogP contribution in [0.5, 0.6) is 0 Å². The normalized spacial score (nSPS) is 10.3. The predicted octanol–water partition coefficient (Wildman–Crippen LogP) is -1.26. The summed E-state index contributed by atoms with van der Waals surface area (Å²) >= 11 is 0. The van der Waals surface area contributed by atoms with Crippen LogP contribution in [0.15, 0.2) is 12.5 Å². The van der Waals surface area contributed by atoms with Crippen LogP contribution >= 0.6 is 0 Å². The second-order valence-electron chi connectivity index (χ2n) is 3.36. The first kappa shape index (κ1) is 11.7. The molecule has 2 N–H and O–H groups in total. The van der Waals surface area contributed by atoms with Gasteiger partial charge < -0.3 is 5.11 Å². The van der Waals surface area contributed by atoms with Gasteiger partial charge in [0.2, 0.25) is 11.9 Å². The third kappa shape index (κ3) is 2.48. The maximum absolute atomic E-state index is 11.6. The minimum Gasteiger partial charge on any atom is -0.476 e. The summed E-state index contributed by atoms with van der Waals surface area (Å²) in [6, 6.07) is 0. The van der Waals surface area contributed by atoms with E-state index in [1.165, 1.54) is 17.2 Å². The van der Waals surface area contributed by atoms with Crippen molar-refractivity contribution in [1.82, 2.24) is 29.8 Å². The predicted molar refractivity (Wildman–Crippen MR) is 56.6 cm³/mol. The molecule has 2 aromatic heterocycles. The summed E-state index contributed by atoms with van der Waals surface area (Å²) in [5.74, 6) is -1.32. The second kappa shape index (κ2) is 4.61. The second-order valence-corrected chi connectivity index (χ2v) is 3.36. The fourth-order valence-electron chi connectivity index (χ4n) is 1.19. The van der Waals surface area contributed by atoms with Crippen LogP contribution in [0, 0.1) is 0 Å². The molecule has 0 radical (unpaired) electrons. The average molecular weight is 251 g/mol. The summed E-state index contributed by atoms with van der Waals surface area (Å²) in [5, 5.41) is 21.8. The third-order valence-electron chi connectivity index (χ3n) is 2.03. The standard InChI is InChI=1S/C8H9N7O3/c1-14-8(9-4-10-14)11-6(16)3-15-2-5(7(17)18)12-13-15/h2,4H,3H2,1H3,(H,17,18)(H,9,10,11,16). The van der Waals surface area contributed by atoms with E-state index in [0.717, 1.165) is 4.68 Å². The highest BCUT2D eigenvalue weighted by Gasteiger charge is 2.12. The molecule has 2 rings (SSSR count). The van der Waals surface area contributed by atoms with Gasteiger partial charge in [-0.2, -0.15) is 10.1 Å². The highest BCUT2D eigenvalue weighted by Crippen LogP contribution is 1.99. The Balaban J connectivity index is 1.99. The van der Waals surface area contributed by atoms with Gasteiger partial charge in [-0.3, -0.25) is 10.1 Å². The van der Waals surface area contributed by atoms with Crippen molar-refractivity contribution in [2.24, 2.45) is 7.05 Å². The molecule has 0 saturated carbocycles. The molecule has 0 bridgehead atoms. The smallest absolute Gasteiger partial charge is 0.358 e. The van der Waals surface area contributed by atoms with Crippen LogP contribution in [0.3, 0.4) is 0 Å². The first-order valence-electron chi connectivity index (χ1n) is 4.83. The van der Waals surface area contributed by atoms with E-state index in [-0.39, 0.29) is 12.2 Å². The molecule has 0 aliphatic heterocycles. The number of carbonyl (C=O) groups excluding carboxylic acids is 1. The molecular formula is C8H9N7O3. The minimum absolute atomic E-state index is 0.160. The van der Waals surface area contributed by atoms with Crippen molar-refractivity contribution in [1.29, 1.82) is 0 Å². The zero-order valence-corrected chi connectivity index (χ0v) is 9.31. The van der Waals surface area contributed by atoms with Gasteiger partial charge in [0.05, 0.1) is 6.20 Å². The van der Waals surface area contributed by atoms with Crippen molar-refractivity contribution in [2.75, 3.05) is 5.32 Å². The largest absolute Gasteiger partial charge is 0.476 e. The number of carbonyl (C=O) groups is 2. The van der Waals surface area contributed by atoms with Gasteiger partial charge in [-0.15, -0.1) is 5.10 Å². The number of aromatic nitrogens is 6. The molecule has 0 aromatic carbocycles. The number of aromatic carboxylic acids is 1. The SMILES string of the molecule is Cn1ncnc1NC(=O)Cn1cc(C(=O)O)nn1. The van der Waals surface area contributed by atoms with Crippen LogP contribution in [0.25, 0.3) is 0 Å². The van der Waals surface area contributed by atoms with Gasteiger partial charge in [0, 0.05) is 7.05 Å². The summed E-state index contributed by atoms with van der Waals surface area (Å²) in [5.41, 5.74) is -0.221. The quantitative estimate of drug-likeness (QED) is 0.694. The Kier molecular flexibility index (Phi) is 3.00. The number of anilines is 1. The monoisotopic (exact) mass is 251 g/mol. The molecule has 0 unspecified atom stereocenters. The molecular weight excluding hydrogens is 242 g/mol. The molecule has 0 spiro atoms. The van der Waals surface area contributed by atoms with E-state index in [1.807, 2.05) is 0 Å². The van der Waals surface area contributed by atoms with Crippen molar-refractivity contribution in [3.63, 3.8) is 0 Å². The molecule has 2 heterocycles. The molecule has 94 valence electrons. The maximum atomic E-state index is 11.6. The number of nitrogens with zero attached hydrogens (tertiary/aromatic N) is 6. The Labute approximate surface area is 100 Å². The summed E-state index contributed by atoms with van der Waals surface area (Å²) in [6.07, 6.45) is 2.46.